The van der Waals surface area contributed by atoms with Crippen molar-refractivity contribution in [2.75, 3.05) is 0 Å². The SMILES string of the molecule is [2H]c1c([2H])c([2H])c(-c2cccc3c2-c2cccc(-c4ccc(C(C)(C)C)cc4)c2-[n+]2[c-]n(-c4[c-]c(Oc5[c-]c6c(cc5)c5ccccc5n6-c5cc(C(C)(C)C)ccn5)ccc4)c4cccc(c42)-c2ccccc2-3)c([2H])c1[2H].[Pt]. The molecule has 13 rings (SSSR count). The van der Waals surface area contributed by atoms with Crippen LogP contribution in [0, 0.1) is 18.5 Å². The number of nitrogens with zero attached hydrogens (tertiary/aromatic N) is 4. The van der Waals surface area contributed by atoms with Crippen molar-refractivity contribution in [2.45, 2.75) is 52.4 Å². The molecule has 0 bridgehead atoms. The first-order chi connectivity index (χ1) is 37.5. The molecule has 0 fully saturated rings. The molecule has 362 valence electrons. The van der Waals surface area contributed by atoms with Crippen LogP contribution in [0.15, 0.2) is 206 Å². The summed E-state index contributed by atoms with van der Waals surface area (Å²) in [6.45, 7) is 13.2. The fourth-order valence-electron chi connectivity index (χ4n) is 10.6. The maximum atomic E-state index is 9.31. The van der Waals surface area contributed by atoms with E-state index in [1.165, 1.54) is 11.1 Å². The van der Waals surface area contributed by atoms with Crippen molar-refractivity contribution in [1.82, 2.24) is 14.1 Å². The van der Waals surface area contributed by atoms with Crippen molar-refractivity contribution in [3.63, 3.8) is 0 Å². The van der Waals surface area contributed by atoms with E-state index in [-0.39, 0.29) is 49.5 Å². The Morgan fingerprint density at radius 1 is 0.527 bits per heavy atom. The van der Waals surface area contributed by atoms with Crippen LogP contribution >= 0.6 is 0 Å². The zero-order chi connectivity index (χ0) is 53.9. The van der Waals surface area contributed by atoms with Crippen molar-refractivity contribution >= 4 is 32.8 Å². The van der Waals surface area contributed by atoms with Crippen molar-refractivity contribution in [3.8, 4) is 84.3 Å². The molecule has 4 heterocycles. The van der Waals surface area contributed by atoms with Crippen LogP contribution in [0.3, 0.4) is 0 Å². The Kier molecular flexibility index (Phi) is 10.1. The van der Waals surface area contributed by atoms with Gasteiger partial charge >= 0.3 is 0 Å². The summed E-state index contributed by atoms with van der Waals surface area (Å²) in [6, 6.07) is 63.4. The number of fused-ring (bicyclic) bond motifs is 10. The van der Waals surface area contributed by atoms with Crippen LogP contribution in [0.25, 0.3) is 106 Å². The fourth-order valence-corrected chi connectivity index (χ4v) is 10.6. The molecule has 0 spiro atoms. The van der Waals surface area contributed by atoms with E-state index in [9.17, 15) is 2.74 Å². The van der Waals surface area contributed by atoms with Crippen molar-refractivity contribution in [2.24, 2.45) is 0 Å². The van der Waals surface area contributed by atoms with E-state index in [0.717, 1.165) is 88.9 Å². The number of imidazole rings is 1. The monoisotopic (exact) mass is 1140 g/mol. The molecule has 0 N–H and O–H groups in total. The molecule has 74 heavy (non-hydrogen) atoms. The van der Waals surface area contributed by atoms with Gasteiger partial charge < -0.3 is 13.9 Å². The van der Waals surface area contributed by atoms with E-state index in [4.69, 9.17) is 13.8 Å². The second-order valence-corrected chi connectivity index (χ2v) is 20.8. The van der Waals surface area contributed by atoms with Gasteiger partial charge in [0.1, 0.15) is 5.82 Å². The summed E-state index contributed by atoms with van der Waals surface area (Å²) in [5.41, 5.74) is 15.1. The van der Waals surface area contributed by atoms with Crippen LogP contribution in [0.2, 0.25) is 0 Å². The van der Waals surface area contributed by atoms with Gasteiger partial charge in [-0.2, -0.15) is 18.2 Å². The van der Waals surface area contributed by atoms with E-state index in [0.29, 0.717) is 22.7 Å². The maximum Gasteiger partial charge on any atom is 0.268 e. The Labute approximate surface area is 454 Å². The number of hydrogen-bond donors (Lipinski definition) is 0. The van der Waals surface area contributed by atoms with Crippen molar-refractivity contribution in [3.05, 3.63) is 236 Å². The fraction of sp³-hybridized carbons (Fsp3) is 0.118. The zero-order valence-electron chi connectivity index (χ0n) is 46.8. The average molecular weight is 1140 g/mol. The predicted molar refractivity (Wildman–Crippen MR) is 298 cm³/mol. The molecule has 0 aliphatic carbocycles. The number of benzene rings is 9. The number of aromatic nitrogens is 4. The van der Waals surface area contributed by atoms with Gasteiger partial charge in [0.25, 0.3) is 6.33 Å². The third kappa shape index (κ3) is 7.90. The molecule has 9 aromatic carbocycles. The minimum Gasteiger partial charge on any atom is -0.510 e. The third-order valence-corrected chi connectivity index (χ3v) is 14.2. The molecule has 0 saturated carbocycles. The van der Waals surface area contributed by atoms with Gasteiger partial charge in [0.05, 0.1) is 23.6 Å². The molecule has 6 heteroatoms. The summed E-state index contributed by atoms with van der Waals surface area (Å²) >= 11 is 0. The molecule has 0 unspecified atom stereocenters. The molecule has 12 aromatic rings. The summed E-state index contributed by atoms with van der Waals surface area (Å²) in [7, 11) is 0. The van der Waals surface area contributed by atoms with Crippen molar-refractivity contribution in [1.29, 1.82) is 0 Å². The van der Waals surface area contributed by atoms with Crippen LogP contribution in [0.1, 0.15) is 59.5 Å². The van der Waals surface area contributed by atoms with E-state index in [2.05, 4.69) is 178 Å². The van der Waals surface area contributed by atoms with Crippen LogP contribution in [-0.4, -0.2) is 14.1 Å². The predicted octanol–water partition coefficient (Wildman–Crippen LogP) is 16.8. The Morgan fingerprint density at radius 3 is 1.95 bits per heavy atom. The molecule has 0 saturated heterocycles. The summed E-state index contributed by atoms with van der Waals surface area (Å²) in [4.78, 5) is 4.88. The molecular weight excluding hydrogens is 1080 g/mol. The first-order valence-electron chi connectivity index (χ1n) is 27.2. The Balaban J connectivity index is 0.00000623. The first-order valence-corrected chi connectivity index (χ1v) is 24.7. The van der Waals surface area contributed by atoms with Gasteiger partial charge in [-0.15, -0.1) is 29.7 Å². The molecule has 3 aromatic heterocycles. The quantitative estimate of drug-likeness (QED) is 0.123. The van der Waals surface area contributed by atoms with Crippen LogP contribution in [0.4, 0.5) is 0 Å². The normalized spacial score (nSPS) is 13.0. The number of hydrogen-bond acceptors (Lipinski definition) is 2. The van der Waals surface area contributed by atoms with E-state index in [1.807, 2.05) is 71.4 Å². The molecule has 0 amide bonds. The van der Waals surface area contributed by atoms with E-state index >= 15 is 0 Å². The van der Waals surface area contributed by atoms with Gasteiger partial charge in [-0.1, -0.05) is 199 Å². The second-order valence-electron chi connectivity index (χ2n) is 20.8. The smallest absolute Gasteiger partial charge is 0.268 e. The Bertz CT molecular complexity index is 4420. The molecule has 0 radical (unpaired) electrons. The molecule has 1 aliphatic heterocycles. The molecule has 5 nitrogen and oxygen atoms in total. The van der Waals surface area contributed by atoms with Gasteiger partial charge in [-0.3, -0.25) is 4.57 Å². The van der Waals surface area contributed by atoms with Gasteiger partial charge in [0, 0.05) is 44.3 Å². The van der Waals surface area contributed by atoms with Crippen LogP contribution in [-0.2, 0) is 31.9 Å². The van der Waals surface area contributed by atoms with Gasteiger partial charge in [-0.25, -0.2) is 4.98 Å². The average Bonchev–Trinajstić information content (AvgIpc) is 3.93. The Hall–Kier alpha value is -8.11. The molecular formula is C68H52N4OPt-2. The minimum absolute atomic E-state index is 0. The van der Waals surface area contributed by atoms with Gasteiger partial charge in [-0.05, 0) is 107 Å². The van der Waals surface area contributed by atoms with E-state index in [1.54, 1.807) is 0 Å². The Morgan fingerprint density at radius 2 is 1.16 bits per heavy atom. The zero-order valence-corrected chi connectivity index (χ0v) is 44.0. The molecule has 1 aliphatic rings. The summed E-state index contributed by atoms with van der Waals surface area (Å²) in [5.74, 6) is 1.82. The molecule has 0 atom stereocenters. The largest absolute Gasteiger partial charge is 0.510 e. The van der Waals surface area contributed by atoms with E-state index < -0.39 is 18.1 Å². The summed E-state index contributed by atoms with van der Waals surface area (Å²) in [6.07, 6.45) is 5.73. The van der Waals surface area contributed by atoms with Crippen molar-refractivity contribution < 1.29 is 37.2 Å². The maximum absolute atomic E-state index is 9.31. The van der Waals surface area contributed by atoms with Crippen LogP contribution in [0.5, 0.6) is 11.5 Å². The third-order valence-electron chi connectivity index (χ3n) is 14.2. The number of ether oxygens (including phenoxy) is 1. The topological polar surface area (TPSA) is 35.9 Å². The number of pyridine rings is 1. The minimum atomic E-state index is -0.440. The van der Waals surface area contributed by atoms with Gasteiger partial charge in [0.15, 0.2) is 0 Å². The first kappa shape index (κ1) is 41.4. The second kappa shape index (κ2) is 18.1. The summed E-state index contributed by atoms with van der Waals surface area (Å²) in [5, 5.41) is 2.13. The summed E-state index contributed by atoms with van der Waals surface area (Å²) < 4.78 is 57.9. The van der Waals surface area contributed by atoms with Gasteiger partial charge in [0.2, 0.25) is 0 Å². The van der Waals surface area contributed by atoms with Crippen LogP contribution < -0.4 is 9.30 Å². The number of rotatable bonds is 6. The number of para-hydroxylation sites is 3. The standard InChI is InChI=1S/C68H52N4O.Pt/c1-67(2,3)46-34-32-45(33-35-46)52-26-16-29-59-64-51(44-18-8-7-9-19-44)25-15-27-57(64)53-22-10-11-23-54(53)58-28-17-31-61-66(58)71(65(52)59)43-70(61)48-20-14-21-49(41-48)73-50-36-37-56-55-24-12-13-30-60(55)72(62(56)42-50)63-40-47(38-39-69-63)68(4,5)6;/h7-40H,1-6H3;/q-2;/i7D,8D,9D,18D,19D;.